The second-order valence-electron chi connectivity index (χ2n) is 4.70. The average Bonchev–Trinajstić information content (AvgIpc) is 3.11. The molecule has 0 saturated carbocycles. The number of hydrogen-bond acceptors (Lipinski definition) is 6. The van der Waals surface area contributed by atoms with Crippen LogP contribution in [0.5, 0.6) is 5.75 Å². The zero-order chi connectivity index (χ0) is 14.7. The number of hydrogen-bond donors (Lipinski definition) is 2. The molecule has 0 spiro atoms. The SMILES string of the molecule is CCNc1nnc(C(=O)NCC2Cc3ccccc3O2)s1. The molecule has 2 aromatic rings. The van der Waals surface area contributed by atoms with Gasteiger partial charge in [0.2, 0.25) is 10.1 Å². The quantitative estimate of drug-likeness (QED) is 0.879. The van der Waals surface area contributed by atoms with Crippen LogP contribution in [0.4, 0.5) is 5.13 Å². The van der Waals surface area contributed by atoms with E-state index in [4.69, 9.17) is 4.74 Å². The van der Waals surface area contributed by atoms with Gasteiger partial charge in [-0.05, 0) is 18.6 Å². The molecule has 1 aromatic carbocycles. The number of carbonyl (C=O) groups is 1. The average molecular weight is 304 g/mol. The van der Waals surface area contributed by atoms with Gasteiger partial charge in [0.15, 0.2) is 0 Å². The summed E-state index contributed by atoms with van der Waals surface area (Å²) in [5.41, 5.74) is 1.18. The molecule has 0 bridgehead atoms. The number of benzene rings is 1. The first kappa shape index (κ1) is 13.8. The molecule has 2 N–H and O–H groups in total. The summed E-state index contributed by atoms with van der Waals surface area (Å²) in [7, 11) is 0. The van der Waals surface area contributed by atoms with Crippen LogP contribution in [0.25, 0.3) is 0 Å². The third-order valence-corrected chi connectivity index (χ3v) is 4.03. The third kappa shape index (κ3) is 3.13. The smallest absolute Gasteiger partial charge is 0.282 e. The van der Waals surface area contributed by atoms with Crippen LogP contribution in [-0.4, -0.2) is 35.3 Å². The van der Waals surface area contributed by atoms with Gasteiger partial charge in [0.25, 0.3) is 5.91 Å². The number of aromatic nitrogens is 2. The maximum Gasteiger partial charge on any atom is 0.282 e. The fraction of sp³-hybridized carbons (Fsp3) is 0.357. The van der Waals surface area contributed by atoms with Crippen molar-refractivity contribution in [2.45, 2.75) is 19.4 Å². The summed E-state index contributed by atoms with van der Waals surface area (Å²) in [5.74, 6) is 0.693. The third-order valence-electron chi connectivity index (χ3n) is 3.15. The number of ether oxygens (including phenoxy) is 1. The van der Waals surface area contributed by atoms with E-state index < -0.39 is 0 Å². The fourth-order valence-electron chi connectivity index (χ4n) is 2.19. The van der Waals surface area contributed by atoms with Crippen molar-refractivity contribution in [3.63, 3.8) is 0 Å². The first-order valence-electron chi connectivity index (χ1n) is 6.86. The van der Waals surface area contributed by atoms with Gasteiger partial charge in [-0.25, -0.2) is 0 Å². The maximum absolute atomic E-state index is 12.0. The lowest BCUT2D eigenvalue weighted by Crippen LogP contribution is -2.34. The number of rotatable bonds is 5. The Morgan fingerprint density at radius 1 is 1.43 bits per heavy atom. The molecular formula is C14H16N4O2S. The predicted octanol–water partition coefficient (Wildman–Crippen LogP) is 1.70. The highest BCUT2D eigenvalue weighted by Crippen LogP contribution is 2.27. The van der Waals surface area contributed by atoms with Crippen LogP contribution in [0.15, 0.2) is 24.3 Å². The predicted molar refractivity (Wildman–Crippen MR) is 81.0 cm³/mol. The van der Waals surface area contributed by atoms with E-state index in [0.29, 0.717) is 16.7 Å². The number of amides is 1. The number of nitrogens with one attached hydrogen (secondary N) is 2. The molecule has 1 aliphatic heterocycles. The molecule has 3 rings (SSSR count). The fourth-order valence-corrected chi connectivity index (χ4v) is 2.92. The van der Waals surface area contributed by atoms with Crippen molar-refractivity contribution in [2.75, 3.05) is 18.4 Å². The Morgan fingerprint density at radius 2 is 2.29 bits per heavy atom. The summed E-state index contributed by atoms with van der Waals surface area (Å²) >= 11 is 1.25. The molecule has 2 heterocycles. The summed E-state index contributed by atoms with van der Waals surface area (Å²) in [6, 6.07) is 7.94. The van der Waals surface area contributed by atoms with Crippen LogP contribution >= 0.6 is 11.3 Å². The van der Waals surface area contributed by atoms with Crippen molar-refractivity contribution in [3.05, 3.63) is 34.8 Å². The van der Waals surface area contributed by atoms with E-state index in [2.05, 4.69) is 20.8 Å². The molecule has 1 unspecified atom stereocenters. The molecule has 0 saturated heterocycles. The highest BCUT2D eigenvalue weighted by atomic mass is 32.1. The van der Waals surface area contributed by atoms with E-state index in [0.717, 1.165) is 18.7 Å². The minimum absolute atomic E-state index is 0.0208. The number of fused-ring (bicyclic) bond motifs is 1. The number of carbonyl (C=O) groups excluding carboxylic acids is 1. The van der Waals surface area contributed by atoms with Crippen molar-refractivity contribution < 1.29 is 9.53 Å². The van der Waals surface area contributed by atoms with Crippen molar-refractivity contribution in [1.29, 1.82) is 0 Å². The highest BCUT2D eigenvalue weighted by molar-refractivity contribution is 7.17. The zero-order valence-corrected chi connectivity index (χ0v) is 12.4. The molecule has 1 atom stereocenters. The van der Waals surface area contributed by atoms with Gasteiger partial charge in [0.1, 0.15) is 11.9 Å². The van der Waals surface area contributed by atoms with E-state index in [1.807, 2.05) is 31.2 Å². The first-order valence-corrected chi connectivity index (χ1v) is 7.68. The molecule has 6 nitrogen and oxygen atoms in total. The van der Waals surface area contributed by atoms with E-state index in [1.165, 1.54) is 16.9 Å². The van der Waals surface area contributed by atoms with Crippen LogP contribution in [0.2, 0.25) is 0 Å². The van der Waals surface area contributed by atoms with Crippen molar-refractivity contribution in [2.24, 2.45) is 0 Å². The van der Waals surface area contributed by atoms with Crippen molar-refractivity contribution in [3.8, 4) is 5.75 Å². The summed E-state index contributed by atoms with van der Waals surface area (Å²) < 4.78 is 5.78. The maximum atomic E-state index is 12.0. The lowest BCUT2D eigenvalue weighted by atomic mass is 10.1. The van der Waals surface area contributed by atoms with Crippen LogP contribution < -0.4 is 15.4 Å². The second-order valence-corrected chi connectivity index (χ2v) is 5.68. The molecule has 110 valence electrons. The Hall–Kier alpha value is -2.15. The second kappa shape index (κ2) is 6.09. The van der Waals surface area contributed by atoms with E-state index in [9.17, 15) is 4.79 Å². The lowest BCUT2D eigenvalue weighted by molar-refractivity contribution is 0.0932. The van der Waals surface area contributed by atoms with Crippen LogP contribution in [0.3, 0.4) is 0 Å². The number of para-hydroxylation sites is 1. The highest BCUT2D eigenvalue weighted by Gasteiger charge is 2.23. The van der Waals surface area contributed by atoms with Crippen LogP contribution in [-0.2, 0) is 6.42 Å². The largest absolute Gasteiger partial charge is 0.488 e. The summed E-state index contributed by atoms with van der Waals surface area (Å²) in [4.78, 5) is 12.0. The molecular weight excluding hydrogens is 288 g/mol. The molecule has 21 heavy (non-hydrogen) atoms. The summed E-state index contributed by atoms with van der Waals surface area (Å²) in [5, 5.41) is 14.7. The van der Waals surface area contributed by atoms with Gasteiger partial charge in [-0.15, -0.1) is 10.2 Å². The zero-order valence-electron chi connectivity index (χ0n) is 11.6. The van der Waals surface area contributed by atoms with Crippen molar-refractivity contribution in [1.82, 2.24) is 15.5 Å². The number of anilines is 1. The van der Waals surface area contributed by atoms with Gasteiger partial charge in [-0.1, -0.05) is 29.5 Å². The van der Waals surface area contributed by atoms with E-state index >= 15 is 0 Å². The van der Waals surface area contributed by atoms with E-state index in [-0.39, 0.29) is 12.0 Å². The van der Waals surface area contributed by atoms with Gasteiger partial charge in [-0.3, -0.25) is 4.79 Å². The Morgan fingerprint density at radius 3 is 3.10 bits per heavy atom. The Labute approximate surface area is 126 Å². The normalized spacial score (nSPS) is 16.1. The minimum Gasteiger partial charge on any atom is -0.488 e. The van der Waals surface area contributed by atoms with Gasteiger partial charge in [-0.2, -0.15) is 0 Å². The lowest BCUT2D eigenvalue weighted by Gasteiger charge is -2.10. The Bertz CT molecular complexity index is 618. The molecule has 0 aliphatic carbocycles. The Balaban J connectivity index is 1.52. The standard InChI is InChI=1S/C14H16N4O2S/c1-2-15-14-18-17-13(21-14)12(19)16-8-10-7-9-5-3-4-6-11(9)20-10/h3-6,10H,2,7-8H2,1H3,(H,15,18)(H,16,19). The van der Waals surface area contributed by atoms with Crippen LogP contribution in [0, 0.1) is 0 Å². The summed E-state index contributed by atoms with van der Waals surface area (Å²) in [6.45, 7) is 3.18. The molecule has 0 fully saturated rings. The van der Waals surface area contributed by atoms with Gasteiger partial charge < -0.3 is 15.4 Å². The molecule has 1 amide bonds. The van der Waals surface area contributed by atoms with Crippen LogP contribution in [0.1, 0.15) is 22.3 Å². The first-order chi connectivity index (χ1) is 10.3. The molecule has 1 aliphatic rings. The molecule has 0 radical (unpaired) electrons. The number of nitrogens with zero attached hydrogens (tertiary/aromatic N) is 2. The topological polar surface area (TPSA) is 76.1 Å². The van der Waals surface area contributed by atoms with Crippen molar-refractivity contribution >= 4 is 22.4 Å². The van der Waals surface area contributed by atoms with Gasteiger partial charge in [0, 0.05) is 13.0 Å². The minimum atomic E-state index is -0.212. The van der Waals surface area contributed by atoms with Gasteiger partial charge in [0.05, 0.1) is 6.54 Å². The summed E-state index contributed by atoms with van der Waals surface area (Å²) in [6.07, 6.45) is 0.794. The monoisotopic (exact) mass is 304 g/mol. The molecule has 1 aromatic heterocycles. The van der Waals surface area contributed by atoms with E-state index in [1.54, 1.807) is 0 Å². The van der Waals surface area contributed by atoms with Gasteiger partial charge >= 0.3 is 0 Å². The Kier molecular flexibility index (Phi) is 4.01. The molecule has 7 heteroatoms.